The van der Waals surface area contributed by atoms with Crippen LogP contribution >= 0.6 is 0 Å². The topological polar surface area (TPSA) is 66.0 Å². The van der Waals surface area contributed by atoms with Gasteiger partial charge in [-0.1, -0.05) is 0 Å². The van der Waals surface area contributed by atoms with Gasteiger partial charge in [-0.15, -0.1) is 0 Å². The Bertz CT molecular complexity index is 516. The molecule has 3 rings (SSSR count). The lowest BCUT2D eigenvalue weighted by molar-refractivity contribution is 0.101. The molecule has 1 fully saturated rings. The van der Waals surface area contributed by atoms with E-state index in [2.05, 4.69) is 9.97 Å². The van der Waals surface area contributed by atoms with Gasteiger partial charge in [0.25, 0.3) is 0 Å². The highest BCUT2D eigenvalue weighted by Gasteiger charge is 2.16. The van der Waals surface area contributed by atoms with Crippen LogP contribution in [0.1, 0.15) is 19.3 Å². The van der Waals surface area contributed by atoms with Gasteiger partial charge < -0.3 is 15.0 Å². The Kier molecular flexibility index (Phi) is 2.68. The van der Waals surface area contributed by atoms with Crippen LogP contribution in [0.25, 0.3) is 11.0 Å². The van der Waals surface area contributed by atoms with E-state index >= 15 is 0 Å². The number of pyridine rings is 1. The van der Waals surface area contributed by atoms with Gasteiger partial charge in [-0.25, -0.2) is 4.98 Å². The van der Waals surface area contributed by atoms with Crippen LogP contribution in [-0.4, -0.2) is 27.2 Å². The Balaban J connectivity index is 1.81. The summed E-state index contributed by atoms with van der Waals surface area (Å²) in [5, 5.41) is 0. The van der Waals surface area contributed by atoms with Crippen molar-refractivity contribution in [2.75, 3.05) is 12.3 Å². The van der Waals surface area contributed by atoms with E-state index in [-0.39, 0.29) is 0 Å². The fourth-order valence-electron chi connectivity index (χ4n) is 2.38. The maximum absolute atomic E-state index is 5.92. The summed E-state index contributed by atoms with van der Waals surface area (Å²) < 4.78 is 7.66. The second-order valence-corrected chi connectivity index (χ2v) is 4.41. The number of fused-ring (bicyclic) bond motifs is 1. The number of rotatable bonds is 3. The molecule has 2 aromatic heterocycles. The van der Waals surface area contributed by atoms with Crippen LogP contribution in [0.15, 0.2) is 18.5 Å². The first-order chi connectivity index (χ1) is 8.34. The number of hydrogen-bond donors (Lipinski definition) is 1. The molecule has 0 aromatic carbocycles. The van der Waals surface area contributed by atoms with Crippen LogP contribution in [0, 0.1) is 0 Å². The number of ether oxygens (including phenoxy) is 1. The number of nitrogens with two attached hydrogens (primary N) is 1. The lowest BCUT2D eigenvalue weighted by Gasteiger charge is -2.11. The molecule has 0 saturated carbocycles. The van der Waals surface area contributed by atoms with Crippen LogP contribution in [0.4, 0.5) is 5.95 Å². The minimum atomic E-state index is 0.383. The maximum Gasteiger partial charge on any atom is 0.201 e. The molecule has 1 atom stereocenters. The highest BCUT2D eigenvalue weighted by molar-refractivity contribution is 5.76. The maximum atomic E-state index is 5.92. The number of anilines is 1. The van der Waals surface area contributed by atoms with Gasteiger partial charge in [0.15, 0.2) is 0 Å². The molecular formula is C12H16N4O. The predicted molar refractivity (Wildman–Crippen MR) is 65.5 cm³/mol. The molecule has 5 nitrogen and oxygen atoms in total. The van der Waals surface area contributed by atoms with E-state index in [0.717, 1.165) is 37.0 Å². The summed E-state index contributed by atoms with van der Waals surface area (Å²) >= 11 is 0. The quantitative estimate of drug-likeness (QED) is 0.872. The molecule has 17 heavy (non-hydrogen) atoms. The molecule has 2 N–H and O–H groups in total. The average Bonchev–Trinajstić information content (AvgIpc) is 2.93. The van der Waals surface area contributed by atoms with Crippen molar-refractivity contribution in [3.8, 4) is 0 Å². The van der Waals surface area contributed by atoms with Gasteiger partial charge in [0.05, 0.1) is 17.8 Å². The van der Waals surface area contributed by atoms with E-state index in [1.54, 1.807) is 12.4 Å². The van der Waals surface area contributed by atoms with Crippen molar-refractivity contribution >= 4 is 17.0 Å². The van der Waals surface area contributed by atoms with Crippen molar-refractivity contribution in [2.45, 2.75) is 31.9 Å². The summed E-state index contributed by atoms with van der Waals surface area (Å²) in [6.45, 7) is 1.76. The fraction of sp³-hybridized carbons (Fsp3) is 0.500. The number of nitrogens with zero attached hydrogens (tertiary/aromatic N) is 3. The molecule has 0 radical (unpaired) electrons. The Morgan fingerprint density at radius 2 is 2.47 bits per heavy atom. The van der Waals surface area contributed by atoms with E-state index in [9.17, 15) is 0 Å². The van der Waals surface area contributed by atoms with Gasteiger partial charge in [0.2, 0.25) is 5.95 Å². The van der Waals surface area contributed by atoms with E-state index < -0.39 is 0 Å². The lowest BCUT2D eigenvalue weighted by Crippen LogP contribution is -2.11. The summed E-state index contributed by atoms with van der Waals surface area (Å²) in [4.78, 5) is 8.34. The zero-order chi connectivity index (χ0) is 11.7. The van der Waals surface area contributed by atoms with Crippen LogP contribution < -0.4 is 5.73 Å². The van der Waals surface area contributed by atoms with Crippen molar-refractivity contribution < 1.29 is 4.74 Å². The lowest BCUT2D eigenvalue weighted by atomic mass is 10.2. The first kappa shape index (κ1) is 10.5. The number of aromatic nitrogens is 3. The molecule has 90 valence electrons. The van der Waals surface area contributed by atoms with Gasteiger partial charge in [0.1, 0.15) is 5.52 Å². The molecule has 3 heterocycles. The van der Waals surface area contributed by atoms with E-state index in [1.165, 1.54) is 6.42 Å². The van der Waals surface area contributed by atoms with Crippen LogP contribution in [-0.2, 0) is 11.3 Å². The Labute approximate surface area is 99.6 Å². The van der Waals surface area contributed by atoms with Crippen molar-refractivity contribution in [1.82, 2.24) is 14.5 Å². The highest BCUT2D eigenvalue weighted by atomic mass is 16.5. The first-order valence-corrected chi connectivity index (χ1v) is 6.02. The minimum Gasteiger partial charge on any atom is -0.378 e. The fourth-order valence-corrected chi connectivity index (χ4v) is 2.38. The molecule has 1 aliphatic rings. The second kappa shape index (κ2) is 4.33. The summed E-state index contributed by atoms with van der Waals surface area (Å²) in [6, 6.07) is 1.95. The molecule has 1 saturated heterocycles. The predicted octanol–water partition coefficient (Wildman–Crippen LogP) is 1.58. The molecule has 0 spiro atoms. The SMILES string of the molecule is Nc1nc2cnccc2n1CCC1CCCO1. The molecule has 0 bridgehead atoms. The molecule has 1 aliphatic heterocycles. The van der Waals surface area contributed by atoms with E-state index in [1.807, 2.05) is 10.6 Å². The van der Waals surface area contributed by atoms with Crippen molar-refractivity contribution in [3.05, 3.63) is 18.5 Å². The van der Waals surface area contributed by atoms with Crippen molar-refractivity contribution in [1.29, 1.82) is 0 Å². The van der Waals surface area contributed by atoms with E-state index in [4.69, 9.17) is 10.5 Å². The number of hydrogen-bond acceptors (Lipinski definition) is 4. The standard InChI is InChI=1S/C12H16N4O/c13-12-15-10-8-14-5-3-11(10)16(12)6-4-9-2-1-7-17-9/h3,5,8-9H,1-2,4,6-7H2,(H2,13,15). The molecule has 1 unspecified atom stereocenters. The normalized spacial score (nSPS) is 20.1. The summed E-state index contributed by atoms with van der Waals surface area (Å²) in [6.07, 6.45) is 7.23. The minimum absolute atomic E-state index is 0.383. The first-order valence-electron chi connectivity index (χ1n) is 6.02. The van der Waals surface area contributed by atoms with Crippen LogP contribution in [0.5, 0.6) is 0 Å². The third-order valence-electron chi connectivity index (χ3n) is 3.28. The Morgan fingerprint density at radius 1 is 1.53 bits per heavy atom. The van der Waals surface area contributed by atoms with Gasteiger partial charge in [0, 0.05) is 19.3 Å². The Hall–Kier alpha value is -1.62. The third kappa shape index (κ3) is 1.98. The van der Waals surface area contributed by atoms with Gasteiger partial charge in [-0.2, -0.15) is 0 Å². The molecular weight excluding hydrogens is 216 g/mol. The zero-order valence-corrected chi connectivity index (χ0v) is 9.67. The van der Waals surface area contributed by atoms with Gasteiger partial charge in [-0.05, 0) is 25.3 Å². The van der Waals surface area contributed by atoms with Crippen molar-refractivity contribution in [2.24, 2.45) is 0 Å². The molecule has 0 amide bonds. The largest absolute Gasteiger partial charge is 0.378 e. The van der Waals surface area contributed by atoms with Gasteiger partial charge in [-0.3, -0.25) is 4.98 Å². The van der Waals surface area contributed by atoms with Crippen LogP contribution in [0.2, 0.25) is 0 Å². The van der Waals surface area contributed by atoms with E-state index in [0.29, 0.717) is 12.1 Å². The molecule has 5 heteroatoms. The average molecular weight is 232 g/mol. The smallest absolute Gasteiger partial charge is 0.201 e. The van der Waals surface area contributed by atoms with Crippen LogP contribution in [0.3, 0.4) is 0 Å². The highest BCUT2D eigenvalue weighted by Crippen LogP contribution is 2.20. The Morgan fingerprint density at radius 3 is 3.29 bits per heavy atom. The number of aryl methyl sites for hydroxylation is 1. The number of nitrogen functional groups attached to an aromatic ring is 1. The van der Waals surface area contributed by atoms with Gasteiger partial charge >= 0.3 is 0 Å². The second-order valence-electron chi connectivity index (χ2n) is 4.41. The monoisotopic (exact) mass is 232 g/mol. The molecule has 2 aromatic rings. The zero-order valence-electron chi connectivity index (χ0n) is 9.67. The summed E-state index contributed by atoms with van der Waals surface area (Å²) in [5.74, 6) is 0.561. The third-order valence-corrected chi connectivity index (χ3v) is 3.28. The molecule has 0 aliphatic carbocycles. The summed E-state index contributed by atoms with van der Waals surface area (Å²) in [7, 11) is 0. The van der Waals surface area contributed by atoms with Crippen molar-refractivity contribution in [3.63, 3.8) is 0 Å². The summed E-state index contributed by atoms with van der Waals surface area (Å²) in [5.41, 5.74) is 7.83. The number of imidazole rings is 1.